The lowest BCUT2D eigenvalue weighted by molar-refractivity contribution is 0.0559. The van der Waals surface area contributed by atoms with E-state index in [1.807, 2.05) is 0 Å². The van der Waals surface area contributed by atoms with E-state index in [4.69, 9.17) is 4.42 Å². The minimum atomic E-state index is -3.69. The van der Waals surface area contributed by atoms with Gasteiger partial charge in [0.1, 0.15) is 0 Å². The number of methoxy groups -OCH3 is 1. The summed E-state index contributed by atoms with van der Waals surface area (Å²) in [5.74, 6) is -0.818. The van der Waals surface area contributed by atoms with Crippen molar-refractivity contribution >= 4 is 16.0 Å². The van der Waals surface area contributed by atoms with Gasteiger partial charge in [0.2, 0.25) is 10.9 Å². The van der Waals surface area contributed by atoms with Gasteiger partial charge in [0.05, 0.1) is 7.11 Å². The molecule has 1 aliphatic carbocycles. The third kappa shape index (κ3) is 2.73. The maximum absolute atomic E-state index is 12.0. The van der Waals surface area contributed by atoms with Crippen LogP contribution in [0.3, 0.4) is 0 Å². The second-order valence-corrected chi connectivity index (χ2v) is 5.86. The summed E-state index contributed by atoms with van der Waals surface area (Å²) in [6.45, 7) is 0. The summed E-state index contributed by atoms with van der Waals surface area (Å²) < 4.78 is 35.9. The molecule has 0 amide bonds. The average Bonchev–Trinajstić information content (AvgIpc) is 2.97. The molecule has 7 heteroatoms. The van der Waals surface area contributed by atoms with Crippen LogP contribution in [-0.4, -0.2) is 27.5 Å². The van der Waals surface area contributed by atoms with Crippen LogP contribution in [-0.2, 0) is 14.8 Å². The largest absolute Gasteiger partial charge is 0.463 e. The summed E-state index contributed by atoms with van der Waals surface area (Å²) in [5.41, 5.74) is 0. The first-order valence-corrected chi connectivity index (χ1v) is 7.22. The SMILES string of the molecule is COC(=O)c1ccc(S(=O)(=O)NC2CCCC2)o1. The lowest BCUT2D eigenvalue weighted by Gasteiger charge is -2.10. The molecule has 0 aromatic carbocycles. The second-order valence-electron chi connectivity index (χ2n) is 4.21. The van der Waals surface area contributed by atoms with E-state index in [1.54, 1.807) is 0 Å². The lowest BCUT2D eigenvalue weighted by atomic mass is 10.3. The molecule has 0 radical (unpaired) electrons. The number of hydrogen-bond acceptors (Lipinski definition) is 5. The predicted molar refractivity (Wildman–Crippen MR) is 62.6 cm³/mol. The van der Waals surface area contributed by atoms with Gasteiger partial charge >= 0.3 is 5.97 Å². The van der Waals surface area contributed by atoms with Crippen LogP contribution in [0.2, 0.25) is 0 Å². The van der Waals surface area contributed by atoms with Gasteiger partial charge < -0.3 is 9.15 Å². The minimum Gasteiger partial charge on any atom is -0.463 e. The zero-order chi connectivity index (χ0) is 13.2. The zero-order valence-electron chi connectivity index (χ0n) is 10.0. The van der Waals surface area contributed by atoms with Gasteiger partial charge in [0.15, 0.2) is 0 Å². The van der Waals surface area contributed by atoms with E-state index in [1.165, 1.54) is 19.2 Å². The molecule has 1 N–H and O–H groups in total. The quantitative estimate of drug-likeness (QED) is 0.835. The summed E-state index contributed by atoms with van der Waals surface area (Å²) >= 11 is 0. The van der Waals surface area contributed by atoms with Crippen molar-refractivity contribution in [3.8, 4) is 0 Å². The Morgan fingerprint density at radius 2 is 2.06 bits per heavy atom. The number of sulfonamides is 1. The lowest BCUT2D eigenvalue weighted by Crippen LogP contribution is -2.32. The van der Waals surface area contributed by atoms with Crippen LogP contribution in [0.25, 0.3) is 0 Å². The number of carbonyl (C=O) groups excluding carboxylic acids is 1. The molecule has 1 aromatic rings. The molecule has 0 aliphatic heterocycles. The highest BCUT2D eigenvalue weighted by Crippen LogP contribution is 2.21. The van der Waals surface area contributed by atoms with Gasteiger partial charge in [0, 0.05) is 6.04 Å². The fourth-order valence-corrected chi connectivity index (χ4v) is 3.23. The Morgan fingerprint density at radius 1 is 1.39 bits per heavy atom. The average molecular weight is 273 g/mol. The molecule has 0 saturated heterocycles. The first-order chi connectivity index (χ1) is 8.53. The molecular formula is C11H15NO5S. The van der Waals surface area contributed by atoms with Gasteiger partial charge in [-0.05, 0) is 25.0 Å². The maximum Gasteiger partial charge on any atom is 0.374 e. The third-order valence-electron chi connectivity index (χ3n) is 2.91. The normalized spacial score (nSPS) is 16.9. The number of nitrogens with one attached hydrogen (secondary N) is 1. The Kier molecular flexibility index (Phi) is 3.72. The minimum absolute atomic E-state index is 0.0401. The number of carbonyl (C=O) groups is 1. The fourth-order valence-electron chi connectivity index (χ4n) is 2.00. The molecule has 100 valence electrons. The molecule has 1 heterocycles. The molecule has 1 fully saturated rings. The summed E-state index contributed by atoms with van der Waals surface area (Å²) in [6.07, 6.45) is 3.73. The maximum atomic E-state index is 12.0. The molecule has 2 rings (SSSR count). The van der Waals surface area contributed by atoms with E-state index < -0.39 is 16.0 Å². The molecule has 18 heavy (non-hydrogen) atoms. The number of hydrogen-bond donors (Lipinski definition) is 1. The van der Waals surface area contributed by atoms with Crippen LogP contribution in [0.4, 0.5) is 0 Å². The van der Waals surface area contributed by atoms with Crippen molar-refractivity contribution in [2.75, 3.05) is 7.11 Å². The standard InChI is InChI=1S/C11H15NO5S/c1-16-11(13)9-6-7-10(17-9)18(14,15)12-8-4-2-3-5-8/h6-8,12H,2-5H2,1H3. The van der Waals surface area contributed by atoms with Crippen molar-refractivity contribution in [2.45, 2.75) is 36.8 Å². The van der Waals surface area contributed by atoms with E-state index in [0.717, 1.165) is 25.7 Å². The van der Waals surface area contributed by atoms with Gasteiger partial charge in [-0.25, -0.2) is 17.9 Å². The Labute approximate surface area is 105 Å². The van der Waals surface area contributed by atoms with Crippen molar-refractivity contribution in [1.82, 2.24) is 4.72 Å². The van der Waals surface area contributed by atoms with Crippen LogP contribution in [0, 0.1) is 0 Å². The molecule has 0 bridgehead atoms. The van der Waals surface area contributed by atoms with Crippen molar-refractivity contribution in [3.05, 3.63) is 17.9 Å². The van der Waals surface area contributed by atoms with Crippen LogP contribution in [0.15, 0.2) is 21.6 Å². The van der Waals surface area contributed by atoms with Gasteiger partial charge in [-0.15, -0.1) is 0 Å². The fraction of sp³-hybridized carbons (Fsp3) is 0.545. The van der Waals surface area contributed by atoms with Gasteiger partial charge in [-0.3, -0.25) is 0 Å². The summed E-state index contributed by atoms with van der Waals surface area (Å²) in [6, 6.07) is 2.50. The van der Waals surface area contributed by atoms with Gasteiger partial charge in [-0.2, -0.15) is 0 Å². The highest BCUT2D eigenvalue weighted by atomic mass is 32.2. The number of esters is 1. The van der Waals surface area contributed by atoms with Crippen LogP contribution in [0.1, 0.15) is 36.2 Å². The first kappa shape index (κ1) is 13.1. The molecule has 1 aliphatic rings. The Bertz CT molecular complexity index is 527. The molecule has 0 spiro atoms. The van der Waals surface area contributed by atoms with E-state index in [-0.39, 0.29) is 16.9 Å². The zero-order valence-corrected chi connectivity index (χ0v) is 10.8. The summed E-state index contributed by atoms with van der Waals surface area (Å²) in [4.78, 5) is 11.2. The van der Waals surface area contributed by atoms with E-state index in [2.05, 4.69) is 9.46 Å². The Morgan fingerprint density at radius 3 is 2.67 bits per heavy atom. The number of ether oxygens (including phenoxy) is 1. The van der Waals surface area contributed by atoms with Crippen molar-refractivity contribution in [2.24, 2.45) is 0 Å². The topological polar surface area (TPSA) is 85.6 Å². The van der Waals surface area contributed by atoms with Crippen molar-refractivity contribution in [1.29, 1.82) is 0 Å². The molecule has 0 atom stereocenters. The van der Waals surface area contributed by atoms with Crippen LogP contribution < -0.4 is 4.72 Å². The highest BCUT2D eigenvalue weighted by molar-refractivity contribution is 7.89. The molecular weight excluding hydrogens is 258 g/mol. The Hall–Kier alpha value is -1.34. The van der Waals surface area contributed by atoms with E-state index in [0.29, 0.717) is 0 Å². The monoisotopic (exact) mass is 273 g/mol. The van der Waals surface area contributed by atoms with Crippen LogP contribution >= 0.6 is 0 Å². The van der Waals surface area contributed by atoms with E-state index in [9.17, 15) is 13.2 Å². The third-order valence-corrected chi connectivity index (χ3v) is 4.30. The summed E-state index contributed by atoms with van der Waals surface area (Å²) in [5, 5.41) is -0.255. The van der Waals surface area contributed by atoms with Crippen molar-refractivity contribution in [3.63, 3.8) is 0 Å². The molecule has 6 nitrogen and oxygen atoms in total. The second kappa shape index (κ2) is 5.11. The van der Waals surface area contributed by atoms with Gasteiger partial charge in [0.25, 0.3) is 10.0 Å². The first-order valence-electron chi connectivity index (χ1n) is 5.73. The smallest absolute Gasteiger partial charge is 0.374 e. The van der Waals surface area contributed by atoms with E-state index >= 15 is 0 Å². The number of rotatable bonds is 4. The number of furan rings is 1. The van der Waals surface area contributed by atoms with Crippen molar-refractivity contribution < 1.29 is 22.4 Å². The molecule has 0 unspecified atom stereocenters. The molecule has 1 saturated carbocycles. The highest BCUT2D eigenvalue weighted by Gasteiger charge is 2.26. The van der Waals surface area contributed by atoms with Gasteiger partial charge in [-0.1, -0.05) is 12.8 Å². The summed E-state index contributed by atoms with van der Waals surface area (Å²) in [7, 11) is -2.48. The Balaban J connectivity index is 2.14. The van der Waals surface area contributed by atoms with Crippen LogP contribution in [0.5, 0.6) is 0 Å². The molecule has 1 aromatic heterocycles. The predicted octanol–water partition coefficient (Wildman–Crippen LogP) is 1.29.